The minimum atomic E-state index is -0.687. The number of rotatable bonds is 7. The van der Waals surface area contributed by atoms with Crippen molar-refractivity contribution in [3.05, 3.63) is 97.2 Å². The van der Waals surface area contributed by atoms with Gasteiger partial charge >= 0.3 is 5.97 Å². The highest BCUT2D eigenvalue weighted by molar-refractivity contribution is 7.07. The third-order valence-corrected chi connectivity index (χ3v) is 6.76. The van der Waals surface area contributed by atoms with Crippen molar-refractivity contribution in [1.82, 2.24) is 4.57 Å². The molecule has 2 aromatic carbocycles. The molecule has 0 spiro atoms. The Kier molecular flexibility index (Phi) is 6.47. The number of fused-ring (bicyclic) bond motifs is 2. The molecule has 36 heavy (non-hydrogen) atoms. The van der Waals surface area contributed by atoms with Crippen LogP contribution < -0.4 is 29.1 Å². The van der Waals surface area contributed by atoms with E-state index in [1.54, 1.807) is 42.7 Å². The summed E-state index contributed by atoms with van der Waals surface area (Å²) in [6.07, 6.45) is 3.45. The Morgan fingerprint density at radius 2 is 2.00 bits per heavy atom. The van der Waals surface area contributed by atoms with Gasteiger partial charge in [0.25, 0.3) is 5.56 Å². The summed E-state index contributed by atoms with van der Waals surface area (Å²) in [6.45, 7) is 7.93. The van der Waals surface area contributed by atoms with Crippen molar-refractivity contribution in [2.45, 2.75) is 19.9 Å². The average molecular weight is 505 g/mol. The van der Waals surface area contributed by atoms with Gasteiger partial charge in [0.1, 0.15) is 12.4 Å². The molecule has 8 nitrogen and oxygen atoms in total. The first-order valence-electron chi connectivity index (χ1n) is 11.4. The van der Waals surface area contributed by atoms with Crippen LogP contribution in [0.15, 0.2) is 76.2 Å². The lowest BCUT2D eigenvalue weighted by Crippen LogP contribution is -2.39. The number of allylic oxidation sites excluding steroid dienone is 1. The molecule has 2 aliphatic heterocycles. The van der Waals surface area contributed by atoms with E-state index in [0.29, 0.717) is 44.5 Å². The van der Waals surface area contributed by atoms with Crippen LogP contribution in [0.1, 0.15) is 31.0 Å². The van der Waals surface area contributed by atoms with Crippen LogP contribution in [0.25, 0.3) is 6.08 Å². The molecule has 2 aliphatic rings. The molecule has 9 heteroatoms. The molecule has 0 N–H and O–H groups in total. The van der Waals surface area contributed by atoms with E-state index in [-0.39, 0.29) is 19.0 Å². The van der Waals surface area contributed by atoms with E-state index in [2.05, 4.69) is 11.6 Å². The molecule has 184 valence electrons. The van der Waals surface area contributed by atoms with Crippen molar-refractivity contribution in [2.75, 3.05) is 20.0 Å². The van der Waals surface area contributed by atoms with Gasteiger partial charge in [0.05, 0.1) is 28.5 Å². The molecular formula is C27H24N2O6S. The molecule has 0 aliphatic carbocycles. The van der Waals surface area contributed by atoms with Crippen molar-refractivity contribution >= 4 is 23.4 Å². The molecule has 0 saturated carbocycles. The summed E-state index contributed by atoms with van der Waals surface area (Å²) in [5.41, 5.74) is 2.14. The molecule has 0 radical (unpaired) electrons. The highest BCUT2D eigenvalue weighted by atomic mass is 32.1. The summed E-state index contributed by atoms with van der Waals surface area (Å²) in [4.78, 5) is 31.8. The lowest BCUT2D eigenvalue weighted by atomic mass is 9.96. The number of carbonyl (C=O) groups is 1. The van der Waals surface area contributed by atoms with Gasteiger partial charge in [-0.05, 0) is 55.3 Å². The summed E-state index contributed by atoms with van der Waals surface area (Å²) in [5, 5.41) is 0. The summed E-state index contributed by atoms with van der Waals surface area (Å²) >= 11 is 1.27. The van der Waals surface area contributed by atoms with Crippen molar-refractivity contribution in [3.63, 3.8) is 0 Å². The fraction of sp³-hybridized carbons (Fsp3) is 0.222. The molecular weight excluding hydrogens is 480 g/mol. The van der Waals surface area contributed by atoms with E-state index in [9.17, 15) is 9.59 Å². The number of carbonyl (C=O) groups excluding carboxylic acids is 1. The number of esters is 1. The van der Waals surface area contributed by atoms with Gasteiger partial charge in [-0.25, -0.2) is 9.79 Å². The molecule has 0 unspecified atom stereocenters. The Bertz CT molecular complexity index is 1550. The minimum absolute atomic E-state index is 0.175. The first-order chi connectivity index (χ1) is 17.5. The highest BCUT2D eigenvalue weighted by Gasteiger charge is 2.33. The summed E-state index contributed by atoms with van der Waals surface area (Å²) in [7, 11) is 0. The Morgan fingerprint density at radius 1 is 1.22 bits per heavy atom. The zero-order valence-corrected chi connectivity index (χ0v) is 20.7. The third-order valence-electron chi connectivity index (χ3n) is 5.78. The van der Waals surface area contributed by atoms with Crippen LogP contribution in [-0.4, -0.2) is 30.5 Å². The van der Waals surface area contributed by atoms with Crippen molar-refractivity contribution < 1.29 is 23.7 Å². The monoisotopic (exact) mass is 504 g/mol. The second-order valence-electron chi connectivity index (χ2n) is 8.08. The van der Waals surface area contributed by atoms with Gasteiger partial charge in [0.15, 0.2) is 16.3 Å². The van der Waals surface area contributed by atoms with E-state index in [0.717, 1.165) is 11.1 Å². The lowest BCUT2D eigenvalue weighted by molar-refractivity contribution is -0.139. The quantitative estimate of drug-likeness (QED) is 0.363. The normalized spacial score (nSPS) is 16.4. The predicted octanol–water partition coefficient (Wildman–Crippen LogP) is 3.09. The van der Waals surface area contributed by atoms with Gasteiger partial charge < -0.3 is 18.9 Å². The largest absolute Gasteiger partial charge is 0.490 e. The van der Waals surface area contributed by atoms with E-state index in [4.69, 9.17) is 18.9 Å². The van der Waals surface area contributed by atoms with E-state index < -0.39 is 12.0 Å². The molecule has 3 aromatic rings. The number of hydrogen-bond donors (Lipinski definition) is 0. The standard InChI is InChI=1S/C27H24N2O6S/c1-4-12-33-19-9-7-18(8-10-19)24-23(26(31)32-5-2)16(3)28-27-29(24)25(30)22(36-27)14-17-6-11-20-21(13-17)35-15-34-20/h4,6-11,13-14,24H,1,5,12,15H2,2-3H3/b22-14-/t24-/m1/s1. The van der Waals surface area contributed by atoms with E-state index in [1.807, 2.05) is 30.3 Å². The second kappa shape index (κ2) is 9.87. The van der Waals surface area contributed by atoms with Crippen molar-refractivity contribution in [1.29, 1.82) is 0 Å². The summed E-state index contributed by atoms with van der Waals surface area (Å²) in [5.74, 6) is 1.46. The molecule has 3 heterocycles. The van der Waals surface area contributed by atoms with Crippen LogP contribution in [-0.2, 0) is 9.53 Å². The Morgan fingerprint density at radius 3 is 2.75 bits per heavy atom. The smallest absolute Gasteiger partial charge is 0.338 e. The Balaban J connectivity index is 1.64. The van der Waals surface area contributed by atoms with Gasteiger partial charge in [0, 0.05) is 0 Å². The molecule has 0 amide bonds. The maximum Gasteiger partial charge on any atom is 0.338 e. The first-order valence-corrected chi connectivity index (χ1v) is 12.2. The van der Waals surface area contributed by atoms with E-state index >= 15 is 0 Å². The highest BCUT2D eigenvalue weighted by Crippen LogP contribution is 2.33. The van der Waals surface area contributed by atoms with Crippen LogP contribution in [0, 0.1) is 0 Å². The number of thiazole rings is 1. The number of benzene rings is 2. The lowest BCUT2D eigenvalue weighted by Gasteiger charge is -2.24. The van der Waals surface area contributed by atoms with Gasteiger partial charge in [0.2, 0.25) is 6.79 Å². The van der Waals surface area contributed by atoms with Crippen molar-refractivity contribution in [2.24, 2.45) is 4.99 Å². The number of ether oxygens (including phenoxy) is 4. The van der Waals surface area contributed by atoms with Gasteiger partial charge in [-0.1, -0.05) is 42.2 Å². The maximum absolute atomic E-state index is 13.7. The zero-order valence-electron chi connectivity index (χ0n) is 19.9. The molecule has 0 bridgehead atoms. The fourth-order valence-electron chi connectivity index (χ4n) is 4.16. The van der Waals surface area contributed by atoms with E-state index in [1.165, 1.54) is 11.3 Å². The first kappa shape index (κ1) is 23.6. The average Bonchev–Trinajstić information content (AvgIpc) is 3.46. The zero-order chi connectivity index (χ0) is 25.2. The van der Waals surface area contributed by atoms with Gasteiger partial charge in [-0.15, -0.1) is 0 Å². The Hall–Kier alpha value is -4.11. The third kappa shape index (κ3) is 4.33. The van der Waals surface area contributed by atoms with Crippen LogP contribution in [0.5, 0.6) is 17.2 Å². The van der Waals surface area contributed by atoms with Gasteiger partial charge in [-0.2, -0.15) is 0 Å². The van der Waals surface area contributed by atoms with Crippen LogP contribution >= 0.6 is 11.3 Å². The molecule has 0 saturated heterocycles. The summed E-state index contributed by atoms with van der Waals surface area (Å²) < 4.78 is 23.8. The van der Waals surface area contributed by atoms with Crippen molar-refractivity contribution in [3.8, 4) is 17.2 Å². The van der Waals surface area contributed by atoms with Crippen LogP contribution in [0.4, 0.5) is 0 Å². The SMILES string of the molecule is C=CCOc1ccc([C@@H]2C(C(=O)OCC)=C(C)N=c3s/c(=C\c4ccc5c(c4)OCO5)c(=O)n32)cc1. The maximum atomic E-state index is 13.7. The molecule has 5 rings (SSSR count). The minimum Gasteiger partial charge on any atom is -0.490 e. The molecule has 1 aromatic heterocycles. The number of aromatic nitrogens is 1. The number of nitrogens with zero attached hydrogens (tertiary/aromatic N) is 2. The van der Waals surface area contributed by atoms with Crippen LogP contribution in [0.3, 0.4) is 0 Å². The summed E-state index contributed by atoms with van der Waals surface area (Å²) in [6, 6.07) is 12.1. The predicted molar refractivity (Wildman–Crippen MR) is 135 cm³/mol. The molecule has 0 fully saturated rings. The topological polar surface area (TPSA) is 88.4 Å². The second-order valence-corrected chi connectivity index (χ2v) is 9.09. The molecule has 1 atom stereocenters. The van der Waals surface area contributed by atoms with Crippen LogP contribution in [0.2, 0.25) is 0 Å². The van der Waals surface area contributed by atoms with Gasteiger partial charge in [-0.3, -0.25) is 9.36 Å². The Labute approximate surface area is 211 Å². The number of hydrogen-bond acceptors (Lipinski definition) is 8. The fourth-order valence-corrected chi connectivity index (χ4v) is 5.21.